The lowest BCUT2D eigenvalue weighted by Crippen LogP contribution is -2.38. The summed E-state index contributed by atoms with van der Waals surface area (Å²) in [7, 11) is 1.79. The lowest BCUT2D eigenvalue weighted by Gasteiger charge is -2.26. The Hall–Kier alpha value is -1.79. The summed E-state index contributed by atoms with van der Waals surface area (Å²) >= 11 is 0. The number of hydrogen-bond donors (Lipinski definition) is 2. The van der Waals surface area contributed by atoms with Gasteiger partial charge >= 0.3 is 0 Å². The monoisotopic (exact) mass is 334 g/mol. The van der Waals surface area contributed by atoms with Gasteiger partial charge in [-0.2, -0.15) is 0 Å². The maximum Gasteiger partial charge on any atom is 0.191 e. The van der Waals surface area contributed by atoms with Gasteiger partial charge in [0.05, 0.1) is 13.2 Å². The molecule has 1 aromatic rings. The molecule has 1 fully saturated rings. The highest BCUT2D eigenvalue weighted by Gasteiger charge is 2.10. The summed E-state index contributed by atoms with van der Waals surface area (Å²) in [5.74, 6) is 1.75. The van der Waals surface area contributed by atoms with Crippen molar-refractivity contribution in [2.45, 2.75) is 19.9 Å². The Balaban J connectivity index is 1.80. The van der Waals surface area contributed by atoms with E-state index in [9.17, 15) is 0 Å². The molecule has 24 heavy (non-hydrogen) atoms. The highest BCUT2D eigenvalue weighted by molar-refractivity contribution is 5.79. The van der Waals surface area contributed by atoms with Crippen LogP contribution in [0.15, 0.2) is 29.3 Å². The molecule has 0 saturated carbocycles. The largest absolute Gasteiger partial charge is 0.492 e. The van der Waals surface area contributed by atoms with Gasteiger partial charge in [0.15, 0.2) is 5.96 Å². The van der Waals surface area contributed by atoms with Crippen LogP contribution in [0.25, 0.3) is 0 Å². The number of guanidine groups is 1. The first-order valence-electron chi connectivity index (χ1n) is 8.78. The number of benzene rings is 1. The minimum absolute atomic E-state index is 0.692. The zero-order valence-electron chi connectivity index (χ0n) is 14.9. The molecule has 6 heteroatoms. The van der Waals surface area contributed by atoms with Gasteiger partial charge in [-0.05, 0) is 12.5 Å². The number of rotatable bonds is 8. The predicted molar refractivity (Wildman–Crippen MR) is 97.7 cm³/mol. The van der Waals surface area contributed by atoms with Crippen molar-refractivity contribution in [1.82, 2.24) is 15.5 Å². The van der Waals surface area contributed by atoms with Crippen LogP contribution >= 0.6 is 0 Å². The van der Waals surface area contributed by atoms with E-state index in [0.717, 1.165) is 63.1 Å². The fourth-order valence-electron chi connectivity index (χ4n) is 2.54. The second kappa shape index (κ2) is 10.9. The molecular formula is C18H30N4O2. The van der Waals surface area contributed by atoms with Crippen molar-refractivity contribution >= 4 is 5.96 Å². The Morgan fingerprint density at radius 3 is 2.79 bits per heavy atom. The molecular weight excluding hydrogens is 304 g/mol. The Morgan fingerprint density at radius 2 is 2.04 bits per heavy atom. The number of para-hydroxylation sites is 1. The van der Waals surface area contributed by atoms with Crippen LogP contribution < -0.4 is 15.4 Å². The molecule has 134 valence electrons. The molecule has 2 rings (SSSR count). The van der Waals surface area contributed by atoms with E-state index in [1.807, 2.05) is 18.2 Å². The van der Waals surface area contributed by atoms with Crippen molar-refractivity contribution in [3.8, 4) is 5.75 Å². The second-order valence-electron chi connectivity index (χ2n) is 5.76. The number of ether oxygens (including phenoxy) is 2. The van der Waals surface area contributed by atoms with Crippen LogP contribution in [0.3, 0.4) is 0 Å². The molecule has 0 radical (unpaired) electrons. The van der Waals surface area contributed by atoms with Crippen LogP contribution in [-0.4, -0.2) is 63.9 Å². The highest BCUT2D eigenvalue weighted by Crippen LogP contribution is 2.17. The molecule has 0 aromatic heterocycles. The van der Waals surface area contributed by atoms with Gasteiger partial charge in [0.25, 0.3) is 0 Å². The molecule has 0 atom stereocenters. The predicted octanol–water partition coefficient (Wildman–Crippen LogP) is 1.47. The van der Waals surface area contributed by atoms with E-state index in [-0.39, 0.29) is 0 Å². The van der Waals surface area contributed by atoms with Crippen molar-refractivity contribution < 1.29 is 9.47 Å². The van der Waals surface area contributed by atoms with Crippen LogP contribution in [-0.2, 0) is 11.3 Å². The van der Waals surface area contributed by atoms with Crippen molar-refractivity contribution in [2.24, 2.45) is 4.99 Å². The molecule has 1 heterocycles. The maximum atomic E-state index is 6.00. The molecule has 1 aliphatic rings. The van der Waals surface area contributed by atoms with Crippen LogP contribution in [0.4, 0.5) is 0 Å². The zero-order chi connectivity index (χ0) is 17.0. The molecule has 1 aromatic carbocycles. The van der Waals surface area contributed by atoms with E-state index in [2.05, 4.69) is 33.5 Å². The van der Waals surface area contributed by atoms with Crippen LogP contribution in [0.1, 0.15) is 18.9 Å². The fraction of sp³-hybridized carbons (Fsp3) is 0.611. The highest BCUT2D eigenvalue weighted by atomic mass is 16.5. The third-order valence-corrected chi connectivity index (χ3v) is 3.95. The number of morpholine rings is 1. The number of nitrogens with zero attached hydrogens (tertiary/aromatic N) is 2. The van der Waals surface area contributed by atoms with Gasteiger partial charge in [0.1, 0.15) is 12.4 Å². The van der Waals surface area contributed by atoms with Crippen LogP contribution in [0.2, 0.25) is 0 Å². The standard InChI is InChI=1S/C18H30N4O2/c1-3-8-20-18(19-2)21-15-16-6-4-5-7-17(16)24-14-11-22-9-12-23-13-10-22/h4-7H,3,8-15H2,1-2H3,(H2,19,20,21). The van der Waals surface area contributed by atoms with Gasteiger partial charge in [0.2, 0.25) is 0 Å². The average Bonchev–Trinajstić information content (AvgIpc) is 2.64. The van der Waals surface area contributed by atoms with Gasteiger partial charge in [-0.25, -0.2) is 0 Å². The Morgan fingerprint density at radius 1 is 1.25 bits per heavy atom. The van der Waals surface area contributed by atoms with Gasteiger partial charge in [-0.15, -0.1) is 0 Å². The maximum absolute atomic E-state index is 6.00. The van der Waals surface area contributed by atoms with Crippen molar-refractivity contribution in [1.29, 1.82) is 0 Å². The van der Waals surface area contributed by atoms with Gasteiger partial charge < -0.3 is 20.1 Å². The smallest absolute Gasteiger partial charge is 0.191 e. The summed E-state index contributed by atoms with van der Waals surface area (Å²) in [5.41, 5.74) is 1.14. The van der Waals surface area contributed by atoms with Crippen LogP contribution in [0.5, 0.6) is 5.75 Å². The lowest BCUT2D eigenvalue weighted by molar-refractivity contribution is 0.0322. The number of hydrogen-bond acceptors (Lipinski definition) is 4. The van der Waals surface area contributed by atoms with E-state index >= 15 is 0 Å². The SMILES string of the molecule is CCCNC(=NC)NCc1ccccc1OCCN1CCOCC1. The van der Waals surface area contributed by atoms with Crippen molar-refractivity contribution in [2.75, 3.05) is 53.0 Å². The second-order valence-corrected chi connectivity index (χ2v) is 5.76. The van der Waals surface area contributed by atoms with E-state index in [4.69, 9.17) is 9.47 Å². The van der Waals surface area contributed by atoms with Gasteiger partial charge in [-0.3, -0.25) is 9.89 Å². The summed E-state index contributed by atoms with van der Waals surface area (Å²) in [6.45, 7) is 9.00. The Labute approximate surface area is 145 Å². The third-order valence-electron chi connectivity index (χ3n) is 3.95. The van der Waals surface area contributed by atoms with Crippen LogP contribution in [0, 0.1) is 0 Å². The van der Waals surface area contributed by atoms with E-state index < -0.39 is 0 Å². The first-order chi connectivity index (χ1) is 11.8. The molecule has 0 spiro atoms. The minimum atomic E-state index is 0.692. The molecule has 0 bridgehead atoms. The Bertz CT molecular complexity index is 502. The molecule has 0 unspecified atom stereocenters. The topological polar surface area (TPSA) is 58.1 Å². The fourth-order valence-corrected chi connectivity index (χ4v) is 2.54. The van der Waals surface area contributed by atoms with Gasteiger partial charge in [0, 0.05) is 45.3 Å². The number of nitrogens with one attached hydrogen (secondary N) is 2. The number of aliphatic imine (C=N–C) groups is 1. The molecule has 2 N–H and O–H groups in total. The summed E-state index contributed by atoms with van der Waals surface area (Å²) < 4.78 is 11.4. The average molecular weight is 334 g/mol. The van der Waals surface area contributed by atoms with Gasteiger partial charge in [-0.1, -0.05) is 25.1 Å². The summed E-state index contributed by atoms with van der Waals surface area (Å²) in [6, 6.07) is 8.16. The summed E-state index contributed by atoms with van der Waals surface area (Å²) in [4.78, 5) is 6.60. The Kier molecular flexibility index (Phi) is 8.41. The van der Waals surface area contributed by atoms with Crippen molar-refractivity contribution in [3.63, 3.8) is 0 Å². The van der Waals surface area contributed by atoms with Crippen molar-refractivity contribution in [3.05, 3.63) is 29.8 Å². The van der Waals surface area contributed by atoms with E-state index in [0.29, 0.717) is 13.2 Å². The van der Waals surface area contributed by atoms with E-state index in [1.165, 1.54) is 0 Å². The normalized spacial score (nSPS) is 16.0. The summed E-state index contributed by atoms with van der Waals surface area (Å²) in [5, 5.41) is 6.61. The molecule has 1 saturated heterocycles. The zero-order valence-corrected chi connectivity index (χ0v) is 14.9. The van der Waals surface area contributed by atoms with E-state index in [1.54, 1.807) is 7.05 Å². The quantitative estimate of drug-likeness (QED) is 0.557. The molecule has 0 amide bonds. The molecule has 6 nitrogen and oxygen atoms in total. The molecule has 1 aliphatic heterocycles. The molecule has 0 aliphatic carbocycles. The first kappa shape index (κ1) is 18.5. The first-order valence-corrected chi connectivity index (χ1v) is 8.78. The lowest BCUT2D eigenvalue weighted by atomic mass is 10.2. The summed E-state index contributed by atoms with van der Waals surface area (Å²) in [6.07, 6.45) is 1.07. The third kappa shape index (κ3) is 6.37. The minimum Gasteiger partial charge on any atom is -0.492 e.